The van der Waals surface area contributed by atoms with Crippen LogP contribution in [0.15, 0.2) is 65.6 Å². The molecule has 0 unspecified atom stereocenters. The summed E-state index contributed by atoms with van der Waals surface area (Å²) in [4.78, 5) is 12.7. The van der Waals surface area contributed by atoms with Gasteiger partial charge in [0.05, 0.1) is 17.5 Å². The van der Waals surface area contributed by atoms with Crippen molar-refractivity contribution in [3.63, 3.8) is 0 Å². The minimum Gasteiger partial charge on any atom is -0.348 e. The van der Waals surface area contributed by atoms with E-state index < -0.39 is 10.0 Å². The highest BCUT2D eigenvalue weighted by molar-refractivity contribution is 7.89. The standard InChI is InChI=1S/C23H26N2O3S/c1-16-9-12-22(17(2)13-16)18(3)24-23(26)15-25(4)29(27,28)21-11-10-19-7-5-6-8-20(19)14-21/h5-14,18H,15H2,1-4H3,(H,24,26)/t18-/m0/s1. The minimum atomic E-state index is -3.77. The van der Waals surface area contributed by atoms with Crippen molar-refractivity contribution in [3.05, 3.63) is 77.4 Å². The summed E-state index contributed by atoms with van der Waals surface area (Å²) in [5, 5.41) is 4.70. The van der Waals surface area contributed by atoms with Crippen molar-refractivity contribution in [3.8, 4) is 0 Å². The first-order valence-electron chi connectivity index (χ1n) is 9.50. The zero-order chi connectivity index (χ0) is 21.2. The number of benzene rings is 3. The van der Waals surface area contributed by atoms with E-state index in [0.29, 0.717) is 0 Å². The molecule has 0 radical (unpaired) electrons. The number of aryl methyl sites for hydroxylation is 2. The van der Waals surface area contributed by atoms with Crippen LogP contribution in [-0.2, 0) is 14.8 Å². The highest BCUT2D eigenvalue weighted by Crippen LogP contribution is 2.22. The SMILES string of the molecule is Cc1ccc([C@H](C)NC(=O)CN(C)S(=O)(=O)c2ccc3ccccc3c2)c(C)c1. The fraction of sp³-hybridized carbons (Fsp3) is 0.261. The van der Waals surface area contributed by atoms with Gasteiger partial charge in [-0.15, -0.1) is 0 Å². The molecule has 6 heteroatoms. The minimum absolute atomic E-state index is 0.175. The number of nitrogens with one attached hydrogen (secondary N) is 1. The van der Waals surface area contributed by atoms with Gasteiger partial charge in [-0.05, 0) is 54.8 Å². The molecular weight excluding hydrogens is 384 g/mol. The number of amides is 1. The van der Waals surface area contributed by atoms with Crippen molar-refractivity contribution >= 4 is 26.7 Å². The Morgan fingerprint density at radius 3 is 2.38 bits per heavy atom. The summed E-state index contributed by atoms with van der Waals surface area (Å²) in [6.07, 6.45) is 0. The predicted molar refractivity (Wildman–Crippen MR) is 116 cm³/mol. The smallest absolute Gasteiger partial charge is 0.243 e. The maximum atomic E-state index is 12.9. The van der Waals surface area contributed by atoms with Gasteiger partial charge in [-0.2, -0.15) is 4.31 Å². The van der Waals surface area contributed by atoms with Gasteiger partial charge in [0.2, 0.25) is 15.9 Å². The molecule has 0 aliphatic heterocycles. The van der Waals surface area contributed by atoms with Crippen LogP contribution >= 0.6 is 0 Å². The molecule has 0 bridgehead atoms. The van der Waals surface area contributed by atoms with E-state index in [2.05, 4.69) is 11.4 Å². The molecule has 1 amide bonds. The maximum absolute atomic E-state index is 12.9. The van der Waals surface area contributed by atoms with Gasteiger partial charge in [-0.25, -0.2) is 8.42 Å². The fourth-order valence-corrected chi connectivity index (χ4v) is 4.63. The molecule has 0 spiro atoms. The molecule has 152 valence electrons. The van der Waals surface area contributed by atoms with Crippen molar-refractivity contribution in [2.75, 3.05) is 13.6 Å². The Labute approximate surface area is 172 Å². The third kappa shape index (κ3) is 4.66. The molecule has 5 nitrogen and oxygen atoms in total. The number of rotatable bonds is 6. The second-order valence-electron chi connectivity index (χ2n) is 7.42. The van der Waals surface area contributed by atoms with Crippen LogP contribution in [0.4, 0.5) is 0 Å². The Balaban J connectivity index is 1.72. The largest absolute Gasteiger partial charge is 0.348 e. The van der Waals surface area contributed by atoms with Crippen LogP contribution in [0.25, 0.3) is 10.8 Å². The summed E-state index contributed by atoms with van der Waals surface area (Å²) in [5.41, 5.74) is 3.27. The van der Waals surface area contributed by atoms with Crippen molar-refractivity contribution in [1.29, 1.82) is 0 Å². The number of fused-ring (bicyclic) bond motifs is 1. The van der Waals surface area contributed by atoms with Crippen LogP contribution in [0.5, 0.6) is 0 Å². The first-order chi connectivity index (χ1) is 13.7. The normalized spacial score (nSPS) is 12.9. The summed E-state index contributed by atoms with van der Waals surface area (Å²) in [7, 11) is -2.34. The molecular formula is C23H26N2O3S. The summed E-state index contributed by atoms with van der Waals surface area (Å²) < 4.78 is 26.9. The molecule has 3 aromatic rings. The molecule has 0 aromatic heterocycles. The van der Waals surface area contributed by atoms with E-state index in [1.165, 1.54) is 7.05 Å². The van der Waals surface area contributed by atoms with Crippen molar-refractivity contribution in [2.45, 2.75) is 31.7 Å². The van der Waals surface area contributed by atoms with Gasteiger partial charge in [-0.3, -0.25) is 4.79 Å². The number of hydrogen-bond acceptors (Lipinski definition) is 3. The number of likely N-dealkylation sites (N-methyl/N-ethyl adjacent to an activating group) is 1. The van der Waals surface area contributed by atoms with Crippen LogP contribution in [0.2, 0.25) is 0 Å². The number of nitrogens with zero attached hydrogens (tertiary/aromatic N) is 1. The van der Waals surface area contributed by atoms with Crippen LogP contribution in [-0.4, -0.2) is 32.2 Å². The Morgan fingerprint density at radius 1 is 1.00 bits per heavy atom. The lowest BCUT2D eigenvalue weighted by molar-refractivity contribution is -0.121. The zero-order valence-corrected chi connectivity index (χ0v) is 18.0. The van der Waals surface area contributed by atoms with E-state index in [9.17, 15) is 13.2 Å². The molecule has 0 aliphatic rings. The number of carbonyl (C=O) groups is 1. The van der Waals surface area contributed by atoms with E-state index in [1.807, 2.05) is 57.2 Å². The first-order valence-corrected chi connectivity index (χ1v) is 10.9. The molecule has 1 N–H and O–H groups in total. The second kappa shape index (κ2) is 8.35. The van der Waals surface area contributed by atoms with Crippen LogP contribution < -0.4 is 5.32 Å². The van der Waals surface area contributed by atoms with Crippen molar-refractivity contribution in [1.82, 2.24) is 9.62 Å². The number of carbonyl (C=O) groups excluding carboxylic acids is 1. The van der Waals surface area contributed by atoms with Gasteiger partial charge in [0, 0.05) is 7.05 Å². The quantitative estimate of drug-likeness (QED) is 0.669. The van der Waals surface area contributed by atoms with Gasteiger partial charge in [0.25, 0.3) is 0 Å². The van der Waals surface area contributed by atoms with Crippen LogP contribution in [0.3, 0.4) is 0 Å². The average Bonchev–Trinajstić information content (AvgIpc) is 2.67. The lowest BCUT2D eigenvalue weighted by Crippen LogP contribution is -2.39. The van der Waals surface area contributed by atoms with Gasteiger partial charge in [0.15, 0.2) is 0 Å². The zero-order valence-electron chi connectivity index (χ0n) is 17.1. The predicted octanol–water partition coefficient (Wildman–Crippen LogP) is 3.95. The van der Waals surface area contributed by atoms with E-state index >= 15 is 0 Å². The molecule has 1 atom stereocenters. The number of hydrogen-bond donors (Lipinski definition) is 1. The van der Waals surface area contributed by atoms with Crippen LogP contribution in [0.1, 0.15) is 29.7 Å². The van der Waals surface area contributed by atoms with Crippen LogP contribution in [0, 0.1) is 13.8 Å². The Kier molecular flexibility index (Phi) is 6.05. The van der Waals surface area contributed by atoms with Gasteiger partial charge in [0.1, 0.15) is 0 Å². The Morgan fingerprint density at radius 2 is 1.69 bits per heavy atom. The van der Waals surface area contributed by atoms with E-state index in [0.717, 1.165) is 31.8 Å². The molecule has 0 heterocycles. The lowest BCUT2D eigenvalue weighted by Gasteiger charge is -2.20. The molecule has 3 rings (SSSR count). The highest BCUT2D eigenvalue weighted by atomic mass is 32.2. The van der Waals surface area contributed by atoms with E-state index in [4.69, 9.17) is 0 Å². The van der Waals surface area contributed by atoms with Gasteiger partial charge >= 0.3 is 0 Å². The fourth-order valence-electron chi connectivity index (χ4n) is 3.47. The second-order valence-corrected chi connectivity index (χ2v) is 9.46. The van der Waals surface area contributed by atoms with Crippen molar-refractivity contribution in [2.24, 2.45) is 0 Å². The first kappa shape index (κ1) is 21.0. The number of sulfonamides is 1. The van der Waals surface area contributed by atoms with Gasteiger partial charge in [-0.1, -0.05) is 54.1 Å². The third-order valence-corrected chi connectivity index (χ3v) is 6.86. The van der Waals surface area contributed by atoms with E-state index in [1.54, 1.807) is 18.2 Å². The topological polar surface area (TPSA) is 66.5 Å². The lowest BCUT2D eigenvalue weighted by atomic mass is 10.0. The van der Waals surface area contributed by atoms with Crippen molar-refractivity contribution < 1.29 is 13.2 Å². The summed E-state index contributed by atoms with van der Waals surface area (Å²) in [6, 6.07) is 18.4. The molecule has 0 saturated carbocycles. The average molecular weight is 411 g/mol. The van der Waals surface area contributed by atoms with Gasteiger partial charge < -0.3 is 5.32 Å². The Bertz CT molecular complexity index is 1160. The summed E-state index contributed by atoms with van der Waals surface area (Å²) in [5.74, 6) is -0.343. The monoisotopic (exact) mass is 410 g/mol. The summed E-state index contributed by atoms with van der Waals surface area (Å²) in [6.45, 7) is 5.67. The molecule has 3 aromatic carbocycles. The third-order valence-electron chi connectivity index (χ3n) is 5.06. The summed E-state index contributed by atoms with van der Waals surface area (Å²) >= 11 is 0. The molecule has 0 fully saturated rings. The molecule has 0 aliphatic carbocycles. The molecule has 29 heavy (non-hydrogen) atoms. The Hall–Kier alpha value is -2.70. The highest BCUT2D eigenvalue weighted by Gasteiger charge is 2.24. The van der Waals surface area contributed by atoms with E-state index in [-0.39, 0.29) is 23.4 Å². The maximum Gasteiger partial charge on any atom is 0.243 e. The molecule has 0 saturated heterocycles.